The summed E-state index contributed by atoms with van der Waals surface area (Å²) in [5, 5.41) is 3.89. The van der Waals surface area contributed by atoms with Crippen LogP contribution in [0.5, 0.6) is 0 Å². The average Bonchev–Trinajstić information content (AvgIpc) is 2.64. The average molecular weight is 348 g/mol. The van der Waals surface area contributed by atoms with E-state index in [1.807, 2.05) is 24.3 Å². The van der Waals surface area contributed by atoms with Gasteiger partial charge in [-0.25, -0.2) is 5.06 Å². The standard InChI is InChI=1S/C18H24N2O5/c1-20(23-2)18(22)16-9-5-6-10-24-11-12-25-13-14-7-3-4-8-15(14)17(21)19-16/h3-8,16H,9-13H2,1-2H3,(H,19,21)/b6-5+. The second-order valence-corrected chi connectivity index (χ2v) is 5.54. The predicted molar refractivity (Wildman–Crippen MR) is 91.7 cm³/mol. The largest absolute Gasteiger partial charge is 0.375 e. The van der Waals surface area contributed by atoms with Crippen LogP contribution in [0.4, 0.5) is 0 Å². The Morgan fingerprint density at radius 1 is 1.24 bits per heavy atom. The van der Waals surface area contributed by atoms with Gasteiger partial charge in [0.25, 0.3) is 11.8 Å². The zero-order valence-corrected chi connectivity index (χ0v) is 14.6. The van der Waals surface area contributed by atoms with Crippen molar-refractivity contribution >= 4 is 11.8 Å². The molecule has 1 heterocycles. The molecule has 1 aliphatic rings. The first kappa shape index (κ1) is 19.1. The van der Waals surface area contributed by atoms with E-state index in [1.54, 1.807) is 12.1 Å². The molecule has 0 aliphatic carbocycles. The van der Waals surface area contributed by atoms with E-state index in [9.17, 15) is 9.59 Å². The molecule has 25 heavy (non-hydrogen) atoms. The fourth-order valence-corrected chi connectivity index (χ4v) is 2.39. The molecule has 1 N–H and O–H groups in total. The van der Waals surface area contributed by atoms with Crippen molar-refractivity contribution in [1.82, 2.24) is 10.4 Å². The number of hydrogen-bond acceptors (Lipinski definition) is 5. The Morgan fingerprint density at radius 2 is 2.00 bits per heavy atom. The van der Waals surface area contributed by atoms with Gasteiger partial charge in [-0.3, -0.25) is 14.4 Å². The van der Waals surface area contributed by atoms with Crippen LogP contribution in [-0.2, 0) is 25.7 Å². The molecule has 1 unspecified atom stereocenters. The van der Waals surface area contributed by atoms with Crippen molar-refractivity contribution in [3.8, 4) is 0 Å². The first-order valence-electron chi connectivity index (χ1n) is 8.14. The molecule has 0 spiro atoms. The van der Waals surface area contributed by atoms with Crippen LogP contribution in [0.1, 0.15) is 22.3 Å². The zero-order valence-electron chi connectivity index (χ0n) is 14.6. The van der Waals surface area contributed by atoms with Gasteiger partial charge in [0.2, 0.25) is 0 Å². The van der Waals surface area contributed by atoms with Gasteiger partial charge in [0, 0.05) is 12.6 Å². The van der Waals surface area contributed by atoms with Crippen LogP contribution < -0.4 is 5.32 Å². The molecule has 0 fully saturated rings. The summed E-state index contributed by atoms with van der Waals surface area (Å²) in [6.45, 7) is 1.64. The molecule has 1 aromatic rings. The summed E-state index contributed by atoms with van der Waals surface area (Å²) in [6, 6.07) is 6.44. The lowest BCUT2D eigenvalue weighted by Gasteiger charge is -2.22. The third-order valence-electron chi connectivity index (χ3n) is 3.83. The van der Waals surface area contributed by atoms with Crippen molar-refractivity contribution in [1.29, 1.82) is 0 Å². The number of carbonyl (C=O) groups excluding carboxylic acids is 2. The number of carbonyl (C=O) groups is 2. The first-order chi connectivity index (χ1) is 12.1. The minimum absolute atomic E-state index is 0.305. The third kappa shape index (κ3) is 5.67. The van der Waals surface area contributed by atoms with Crippen LogP contribution in [0.2, 0.25) is 0 Å². The Labute approximate surface area is 147 Å². The Bertz CT molecular complexity index is 617. The minimum atomic E-state index is -0.731. The lowest BCUT2D eigenvalue weighted by molar-refractivity contribution is -0.170. The predicted octanol–water partition coefficient (Wildman–Crippen LogP) is 1.30. The lowest BCUT2D eigenvalue weighted by Crippen LogP contribution is -2.47. The van der Waals surface area contributed by atoms with E-state index in [0.717, 1.165) is 10.6 Å². The van der Waals surface area contributed by atoms with Crippen LogP contribution in [0.15, 0.2) is 36.4 Å². The number of fused-ring (bicyclic) bond motifs is 1. The molecule has 2 amide bonds. The molecule has 136 valence electrons. The van der Waals surface area contributed by atoms with Crippen molar-refractivity contribution in [2.75, 3.05) is 34.0 Å². The quantitative estimate of drug-likeness (QED) is 0.644. The molecule has 0 saturated carbocycles. The van der Waals surface area contributed by atoms with Crippen molar-refractivity contribution in [2.24, 2.45) is 0 Å². The van der Waals surface area contributed by atoms with E-state index in [1.165, 1.54) is 14.2 Å². The van der Waals surface area contributed by atoms with Gasteiger partial charge in [-0.2, -0.15) is 0 Å². The first-order valence-corrected chi connectivity index (χ1v) is 8.14. The summed E-state index contributed by atoms with van der Waals surface area (Å²) in [7, 11) is 2.91. The molecule has 0 radical (unpaired) electrons. The van der Waals surface area contributed by atoms with Gasteiger partial charge >= 0.3 is 0 Å². The van der Waals surface area contributed by atoms with E-state index < -0.39 is 6.04 Å². The highest BCUT2D eigenvalue weighted by Crippen LogP contribution is 2.12. The summed E-state index contributed by atoms with van der Waals surface area (Å²) in [5.74, 6) is -0.647. The summed E-state index contributed by atoms with van der Waals surface area (Å²) in [4.78, 5) is 30.0. The van der Waals surface area contributed by atoms with Crippen LogP contribution >= 0.6 is 0 Å². The molecular formula is C18H24N2O5. The van der Waals surface area contributed by atoms with E-state index in [-0.39, 0.29) is 11.8 Å². The maximum absolute atomic E-state index is 12.7. The third-order valence-corrected chi connectivity index (χ3v) is 3.83. The number of amides is 2. The Kier molecular flexibility index (Phi) is 7.59. The van der Waals surface area contributed by atoms with Gasteiger partial charge in [-0.1, -0.05) is 30.4 Å². The Balaban J connectivity index is 2.23. The second-order valence-electron chi connectivity index (χ2n) is 5.54. The number of nitrogens with one attached hydrogen (secondary N) is 1. The molecule has 0 bridgehead atoms. The molecular weight excluding hydrogens is 324 g/mol. The van der Waals surface area contributed by atoms with Gasteiger partial charge in [0.15, 0.2) is 0 Å². The maximum atomic E-state index is 12.7. The van der Waals surface area contributed by atoms with Crippen LogP contribution in [-0.4, -0.2) is 56.9 Å². The van der Waals surface area contributed by atoms with Crippen LogP contribution in [0.25, 0.3) is 0 Å². The Morgan fingerprint density at radius 3 is 2.80 bits per heavy atom. The summed E-state index contributed by atoms with van der Waals surface area (Å²) in [5.41, 5.74) is 1.25. The number of ether oxygens (including phenoxy) is 2. The van der Waals surface area contributed by atoms with E-state index in [2.05, 4.69) is 5.32 Å². The highest BCUT2D eigenvalue weighted by atomic mass is 16.7. The normalized spacial score (nSPS) is 20.7. The molecule has 1 aliphatic heterocycles. The number of nitrogens with zero attached hydrogens (tertiary/aromatic N) is 1. The van der Waals surface area contributed by atoms with Crippen LogP contribution in [0, 0.1) is 0 Å². The molecule has 7 heteroatoms. The monoisotopic (exact) mass is 348 g/mol. The molecule has 0 saturated heterocycles. The van der Waals surface area contributed by atoms with E-state index in [4.69, 9.17) is 14.3 Å². The van der Waals surface area contributed by atoms with Gasteiger partial charge in [0.1, 0.15) is 6.04 Å². The second kappa shape index (κ2) is 9.93. The van der Waals surface area contributed by atoms with Gasteiger partial charge in [-0.05, 0) is 18.1 Å². The fourth-order valence-electron chi connectivity index (χ4n) is 2.39. The fraction of sp³-hybridized carbons (Fsp3) is 0.444. The molecule has 0 aromatic heterocycles. The highest BCUT2D eigenvalue weighted by Gasteiger charge is 2.24. The van der Waals surface area contributed by atoms with E-state index in [0.29, 0.717) is 38.4 Å². The SMILES string of the molecule is CON(C)C(=O)C1C/C=C/COCCOCc2ccccc2C(=O)N1. The van der Waals surface area contributed by atoms with E-state index >= 15 is 0 Å². The van der Waals surface area contributed by atoms with Crippen molar-refractivity contribution in [2.45, 2.75) is 19.1 Å². The number of rotatable bonds is 2. The number of benzene rings is 1. The summed E-state index contributed by atoms with van der Waals surface area (Å²) >= 11 is 0. The van der Waals surface area contributed by atoms with Gasteiger partial charge in [-0.15, -0.1) is 0 Å². The number of hydrogen-bond donors (Lipinski definition) is 1. The van der Waals surface area contributed by atoms with Crippen molar-refractivity contribution in [3.63, 3.8) is 0 Å². The molecule has 7 nitrogen and oxygen atoms in total. The summed E-state index contributed by atoms with van der Waals surface area (Å²) < 4.78 is 11.0. The van der Waals surface area contributed by atoms with Gasteiger partial charge in [0.05, 0.1) is 33.5 Å². The highest BCUT2D eigenvalue weighted by molar-refractivity contribution is 5.98. The van der Waals surface area contributed by atoms with Crippen molar-refractivity contribution in [3.05, 3.63) is 47.5 Å². The Hall–Kier alpha value is -2.22. The topological polar surface area (TPSA) is 77.1 Å². The molecule has 2 rings (SSSR count). The molecule has 1 aromatic carbocycles. The smallest absolute Gasteiger partial charge is 0.268 e. The van der Waals surface area contributed by atoms with Crippen LogP contribution in [0.3, 0.4) is 0 Å². The van der Waals surface area contributed by atoms with Crippen molar-refractivity contribution < 1.29 is 23.9 Å². The maximum Gasteiger partial charge on any atom is 0.268 e. The zero-order chi connectivity index (χ0) is 18.1. The number of hydroxylamine groups is 2. The summed E-state index contributed by atoms with van der Waals surface area (Å²) in [6.07, 6.45) is 3.98. The minimum Gasteiger partial charge on any atom is -0.375 e. The number of likely N-dealkylation sites (N-methyl/N-ethyl adjacent to an activating group) is 1. The lowest BCUT2D eigenvalue weighted by atomic mass is 10.1. The van der Waals surface area contributed by atoms with Gasteiger partial charge < -0.3 is 14.8 Å². The molecule has 1 atom stereocenters.